The van der Waals surface area contributed by atoms with Crippen LogP contribution in [0.2, 0.25) is 0 Å². The fourth-order valence-corrected chi connectivity index (χ4v) is 5.65. The second-order valence-corrected chi connectivity index (χ2v) is 13.1. The van der Waals surface area contributed by atoms with Crippen LogP contribution >= 0.6 is 0 Å². The number of anilines is 1. The smallest absolute Gasteiger partial charge is 0.435 e. The van der Waals surface area contributed by atoms with E-state index in [9.17, 15) is 23.1 Å². The number of aliphatic carboxylic acids is 1. The summed E-state index contributed by atoms with van der Waals surface area (Å²) in [5.41, 5.74) is 2.71. The number of nitrogens with zero attached hydrogens (tertiary/aromatic N) is 5. The third kappa shape index (κ3) is 6.27. The van der Waals surface area contributed by atoms with Gasteiger partial charge in [0.1, 0.15) is 11.5 Å². The Morgan fingerprint density at radius 3 is 2.30 bits per heavy atom. The monoisotopic (exact) mass is 597 g/mol. The van der Waals surface area contributed by atoms with Gasteiger partial charge in [-0.05, 0) is 69.7 Å². The first kappa shape index (κ1) is 30.6. The molecular formula is C32H38F3N5O3. The Bertz CT molecular complexity index is 1670. The summed E-state index contributed by atoms with van der Waals surface area (Å²) in [6, 6.07) is 10.1. The van der Waals surface area contributed by atoms with Gasteiger partial charge in [0.05, 0.1) is 17.0 Å². The summed E-state index contributed by atoms with van der Waals surface area (Å²) in [7, 11) is 1.48. The molecule has 1 aliphatic rings. The summed E-state index contributed by atoms with van der Waals surface area (Å²) in [6.45, 7) is 13.3. The molecule has 5 rings (SSSR count). The summed E-state index contributed by atoms with van der Waals surface area (Å²) < 4.78 is 49.2. The van der Waals surface area contributed by atoms with Crippen molar-refractivity contribution in [3.8, 4) is 22.5 Å². The SMILES string of the molecule is Cc1cc2nc(-c3cccc(-c4cc(C(F)(F)F)nn4C)c3)cn2c(N2CCC(C)(C)CC2)c1[C@H](OC(C)(C)C)C(=O)O. The number of rotatable bonds is 6. The van der Waals surface area contributed by atoms with Crippen molar-refractivity contribution < 1.29 is 27.8 Å². The maximum absolute atomic E-state index is 13.3. The fraction of sp³-hybridized carbons (Fsp3) is 0.469. The van der Waals surface area contributed by atoms with E-state index in [0.717, 1.165) is 43.4 Å². The third-order valence-corrected chi connectivity index (χ3v) is 7.97. The second-order valence-electron chi connectivity index (χ2n) is 13.1. The minimum absolute atomic E-state index is 0.173. The van der Waals surface area contributed by atoms with Crippen molar-refractivity contribution in [3.63, 3.8) is 0 Å². The zero-order valence-electron chi connectivity index (χ0n) is 25.6. The van der Waals surface area contributed by atoms with E-state index in [4.69, 9.17) is 9.72 Å². The summed E-state index contributed by atoms with van der Waals surface area (Å²) in [5.74, 6) is -0.336. The van der Waals surface area contributed by atoms with Crippen LogP contribution in [0.3, 0.4) is 0 Å². The van der Waals surface area contributed by atoms with Gasteiger partial charge in [-0.2, -0.15) is 18.3 Å². The Hall–Kier alpha value is -3.86. The molecule has 230 valence electrons. The van der Waals surface area contributed by atoms with Gasteiger partial charge in [-0.15, -0.1) is 0 Å². The first-order valence-electron chi connectivity index (χ1n) is 14.3. The van der Waals surface area contributed by atoms with E-state index in [-0.39, 0.29) is 5.41 Å². The molecule has 4 aromatic rings. The van der Waals surface area contributed by atoms with E-state index in [2.05, 4.69) is 23.8 Å². The second kappa shape index (κ2) is 10.7. The molecule has 0 spiro atoms. The Kier molecular flexibility index (Phi) is 7.61. The van der Waals surface area contributed by atoms with E-state index in [1.165, 1.54) is 11.7 Å². The number of aromatic nitrogens is 4. The van der Waals surface area contributed by atoms with Crippen LogP contribution < -0.4 is 4.90 Å². The van der Waals surface area contributed by atoms with E-state index in [0.29, 0.717) is 33.7 Å². The van der Waals surface area contributed by atoms with Crippen molar-refractivity contribution in [3.05, 3.63) is 59.4 Å². The molecule has 1 N–H and O–H groups in total. The van der Waals surface area contributed by atoms with Crippen molar-refractivity contribution in [2.45, 2.75) is 72.3 Å². The first-order valence-corrected chi connectivity index (χ1v) is 14.3. The number of pyridine rings is 1. The quantitative estimate of drug-likeness (QED) is 0.251. The van der Waals surface area contributed by atoms with Crippen LogP contribution in [0.25, 0.3) is 28.2 Å². The van der Waals surface area contributed by atoms with E-state index in [1.54, 1.807) is 18.2 Å². The van der Waals surface area contributed by atoms with Gasteiger partial charge in [0.2, 0.25) is 0 Å². The van der Waals surface area contributed by atoms with Crippen molar-refractivity contribution >= 4 is 17.4 Å². The molecule has 0 radical (unpaired) electrons. The number of hydrogen-bond acceptors (Lipinski definition) is 5. The molecule has 4 heterocycles. The summed E-state index contributed by atoms with van der Waals surface area (Å²) in [5, 5.41) is 14.0. The number of fused-ring (bicyclic) bond motifs is 1. The number of carbonyl (C=O) groups is 1. The van der Waals surface area contributed by atoms with Crippen LogP contribution in [0, 0.1) is 12.3 Å². The van der Waals surface area contributed by atoms with Gasteiger partial charge in [0.25, 0.3) is 0 Å². The van der Waals surface area contributed by atoms with Gasteiger partial charge >= 0.3 is 12.1 Å². The Morgan fingerprint density at radius 1 is 1.07 bits per heavy atom. The molecule has 0 saturated carbocycles. The van der Waals surface area contributed by atoms with Crippen LogP contribution in [0.15, 0.2) is 42.6 Å². The molecule has 1 atom stereocenters. The largest absolute Gasteiger partial charge is 0.479 e. The van der Waals surface area contributed by atoms with Gasteiger partial charge < -0.3 is 14.7 Å². The molecule has 11 heteroatoms. The van der Waals surface area contributed by atoms with E-state index < -0.39 is 29.5 Å². The molecule has 0 bridgehead atoms. The number of piperidine rings is 1. The molecule has 3 aromatic heterocycles. The maximum Gasteiger partial charge on any atom is 0.435 e. The van der Waals surface area contributed by atoms with Gasteiger partial charge in [-0.3, -0.25) is 9.08 Å². The number of imidazole rings is 1. The number of benzene rings is 1. The predicted molar refractivity (Wildman–Crippen MR) is 159 cm³/mol. The van der Waals surface area contributed by atoms with Crippen LogP contribution in [0.5, 0.6) is 0 Å². The van der Waals surface area contributed by atoms with Crippen LogP contribution in [-0.4, -0.2) is 48.9 Å². The van der Waals surface area contributed by atoms with Gasteiger partial charge in [-0.25, -0.2) is 9.78 Å². The standard InChI is InChI=1S/C32H38F3N5O3/c1-19-15-25-36-22(20-9-8-10-21(16-20)23-17-24(32(33,34)35)37-38(23)7)18-40(25)28(39-13-11-31(5,6)12-14-39)26(19)27(29(41)42)43-30(2,3)4/h8-10,15-18,27H,11-14H2,1-7H3,(H,41,42)/t27-/m0/s1. The lowest BCUT2D eigenvalue weighted by Gasteiger charge is -2.40. The van der Waals surface area contributed by atoms with Crippen LogP contribution in [-0.2, 0) is 22.8 Å². The molecule has 8 nitrogen and oxygen atoms in total. The third-order valence-electron chi connectivity index (χ3n) is 7.97. The summed E-state index contributed by atoms with van der Waals surface area (Å²) >= 11 is 0. The molecule has 0 amide bonds. The van der Waals surface area contributed by atoms with Crippen molar-refractivity contribution in [2.75, 3.05) is 18.0 Å². The average Bonchev–Trinajstić information content (AvgIpc) is 3.50. The number of alkyl halides is 3. The number of carboxylic acids is 1. The summed E-state index contributed by atoms with van der Waals surface area (Å²) in [4.78, 5) is 19.8. The van der Waals surface area contributed by atoms with Crippen LogP contribution in [0.1, 0.15) is 70.4 Å². The molecule has 1 aliphatic heterocycles. The molecule has 0 unspecified atom stereocenters. The van der Waals surface area contributed by atoms with Gasteiger partial charge in [0.15, 0.2) is 11.8 Å². The highest BCUT2D eigenvalue weighted by molar-refractivity contribution is 5.80. The van der Waals surface area contributed by atoms with E-state index >= 15 is 0 Å². The number of carboxylic acid groups (broad SMARTS) is 1. The zero-order valence-corrected chi connectivity index (χ0v) is 25.6. The minimum Gasteiger partial charge on any atom is -0.479 e. The Labute approximate surface area is 249 Å². The zero-order chi connectivity index (χ0) is 31.5. The number of hydrogen-bond donors (Lipinski definition) is 1. The predicted octanol–water partition coefficient (Wildman–Crippen LogP) is 7.30. The van der Waals surface area contributed by atoms with Gasteiger partial charge in [-0.1, -0.05) is 32.0 Å². The van der Waals surface area contributed by atoms with Gasteiger partial charge in [0, 0.05) is 43.0 Å². The highest BCUT2D eigenvalue weighted by atomic mass is 19.4. The highest BCUT2D eigenvalue weighted by Gasteiger charge is 2.36. The molecule has 43 heavy (non-hydrogen) atoms. The first-order chi connectivity index (χ1) is 19.9. The number of aryl methyl sites for hydroxylation is 2. The topological polar surface area (TPSA) is 84.9 Å². The van der Waals surface area contributed by atoms with Crippen LogP contribution in [0.4, 0.5) is 19.0 Å². The molecular weight excluding hydrogens is 559 g/mol. The Morgan fingerprint density at radius 2 is 1.72 bits per heavy atom. The molecule has 1 saturated heterocycles. The molecule has 1 fully saturated rings. The van der Waals surface area contributed by atoms with Crippen molar-refractivity contribution in [1.82, 2.24) is 19.2 Å². The highest BCUT2D eigenvalue weighted by Crippen LogP contribution is 2.40. The molecule has 1 aromatic carbocycles. The Balaban J connectivity index is 1.66. The summed E-state index contributed by atoms with van der Waals surface area (Å²) in [6.07, 6.45) is -2.00. The number of ether oxygens (including phenoxy) is 1. The average molecular weight is 598 g/mol. The van der Waals surface area contributed by atoms with E-state index in [1.807, 2.05) is 50.4 Å². The lowest BCUT2D eigenvalue weighted by molar-refractivity contribution is -0.160. The number of halogens is 3. The minimum atomic E-state index is -4.55. The van der Waals surface area contributed by atoms with Crippen molar-refractivity contribution in [2.24, 2.45) is 12.5 Å². The molecule has 0 aliphatic carbocycles. The lowest BCUT2D eigenvalue weighted by Crippen LogP contribution is -2.40. The maximum atomic E-state index is 13.3. The fourth-order valence-electron chi connectivity index (χ4n) is 5.65. The lowest BCUT2D eigenvalue weighted by atomic mass is 9.82. The van der Waals surface area contributed by atoms with Crippen molar-refractivity contribution in [1.29, 1.82) is 0 Å². The normalized spacial score (nSPS) is 16.6.